The van der Waals surface area contributed by atoms with Crippen molar-refractivity contribution in [1.29, 1.82) is 0 Å². The molecule has 25 heavy (non-hydrogen) atoms. The summed E-state index contributed by atoms with van der Waals surface area (Å²) in [6, 6.07) is 11.1. The van der Waals surface area contributed by atoms with Crippen molar-refractivity contribution in [3.8, 4) is 0 Å². The third-order valence-corrected chi connectivity index (χ3v) is 5.15. The van der Waals surface area contributed by atoms with E-state index in [1.165, 1.54) is 0 Å². The Bertz CT molecular complexity index is 954. The molecular weight excluding hydrogens is 336 g/mol. The van der Waals surface area contributed by atoms with E-state index in [1.807, 2.05) is 25.1 Å². The van der Waals surface area contributed by atoms with Crippen LogP contribution in [0.4, 0.5) is 11.5 Å². The van der Waals surface area contributed by atoms with E-state index in [1.54, 1.807) is 40.6 Å². The Kier molecular flexibility index (Phi) is 3.93. The third kappa shape index (κ3) is 3.10. The van der Waals surface area contributed by atoms with Crippen molar-refractivity contribution in [1.82, 2.24) is 9.97 Å². The first-order valence-electron chi connectivity index (χ1n) is 7.99. The standard InChI is InChI=1S/C18H16N4O2S/c1-11-20-14-9-13(5-6-15(14)25-11)22-10-12(8-17(22)23)18(24)21-16-4-2-3-7-19-16/h2-7,9,12H,8,10H2,1H3,(H,19,21,24). The van der Waals surface area contributed by atoms with E-state index in [-0.39, 0.29) is 24.2 Å². The number of amides is 2. The fourth-order valence-corrected chi connectivity index (χ4v) is 3.80. The fraction of sp³-hybridized carbons (Fsp3) is 0.222. The number of aromatic nitrogens is 2. The van der Waals surface area contributed by atoms with Gasteiger partial charge in [-0.15, -0.1) is 11.3 Å². The van der Waals surface area contributed by atoms with Gasteiger partial charge in [-0.25, -0.2) is 9.97 Å². The normalized spacial score (nSPS) is 17.2. The van der Waals surface area contributed by atoms with Crippen LogP contribution in [0.5, 0.6) is 0 Å². The molecule has 0 saturated carbocycles. The summed E-state index contributed by atoms with van der Waals surface area (Å²) in [5, 5.41) is 3.76. The average molecular weight is 352 g/mol. The zero-order chi connectivity index (χ0) is 17.4. The van der Waals surface area contributed by atoms with Crippen molar-refractivity contribution in [3.05, 3.63) is 47.6 Å². The number of anilines is 2. The maximum atomic E-state index is 12.4. The molecule has 1 saturated heterocycles. The van der Waals surface area contributed by atoms with Gasteiger partial charge in [0.1, 0.15) is 5.82 Å². The summed E-state index contributed by atoms with van der Waals surface area (Å²) >= 11 is 1.63. The molecule has 2 aromatic heterocycles. The topological polar surface area (TPSA) is 75.2 Å². The highest BCUT2D eigenvalue weighted by Gasteiger charge is 2.35. The van der Waals surface area contributed by atoms with E-state index < -0.39 is 0 Å². The zero-order valence-electron chi connectivity index (χ0n) is 13.6. The molecule has 0 radical (unpaired) electrons. The number of carbonyl (C=O) groups is 2. The maximum Gasteiger partial charge on any atom is 0.230 e. The SMILES string of the molecule is Cc1nc2cc(N3CC(C(=O)Nc4ccccn4)CC3=O)ccc2s1. The summed E-state index contributed by atoms with van der Waals surface area (Å²) in [5.74, 6) is -0.118. The lowest BCUT2D eigenvalue weighted by Gasteiger charge is -2.16. The highest BCUT2D eigenvalue weighted by atomic mass is 32.1. The molecule has 1 atom stereocenters. The highest BCUT2D eigenvalue weighted by Crippen LogP contribution is 2.30. The Hall–Kier alpha value is -2.80. The number of rotatable bonds is 3. The summed E-state index contributed by atoms with van der Waals surface area (Å²) in [5.41, 5.74) is 1.67. The monoisotopic (exact) mass is 352 g/mol. The molecule has 4 rings (SSSR count). The molecule has 2 amide bonds. The molecule has 3 aromatic rings. The molecule has 1 aliphatic heterocycles. The van der Waals surface area contributed by atoms with Gasteiger partial charge in [0, 0.05) is 24.8 Å². The molecule has 6 nitrogen and oxygen atoms in total. The van der Waals surface area contributed by atoms with E-state index in [0.717, 1.165) is 20.9 Å². The number of pyridine rings is 1. The van der Waals surface area contributed by atoms with Crippen molar-refractivity contribution in [2.75, 3.05) is 16.8 Å². The fourth-order valence-electron chi connectivity index (χ4n) is 3.00. The summed E-state index contributed by atoms with van der Waals surface area (Å²) in [6.07, 6.45) is 1.82. The molecule has 0 bridgehead atoms. The number of benzene rings is 1. The molecular formula is C18H16N4O2S. The van der Waals surface area contributed by atoms with Gasteiger partial charge in [-0.3, -0.25) is 9.59 Å². The summed E-state index contributed by atoms with van der Waals surface area (Å²) in [6.45, 7) is 2.33. The molecule has 3 heterocycles. The first kappa shape index (κ1) is 15.7. The minimum atomic E-state index is -0.387. The number of hydrogen-bond donors (Lipinski definition) is 1. The molecule has 1 aliphatic rings. The second-order valence-electron chi connectivity index (χ2n) is 5.99. The lowest BCUT2D eigenvalue weighted by Crippen LogP contribution is -2.28. The number of fused-ring (bicyclic) bond motifs is 1. The lowest BCUT2D eigenvalue weighted by molar-refractivity contribution is -0.122. The van der Waals surface area contributed by atoms with Crippen LogP contribution in [0.2, 0.25) is 0 Å². The van der Waals surface area contributed by atoms with Gasteiger partial charge < -0.3 is 10.2 Å². The van der Waals surface area contributed by atoms with Crippen LogP contribution in [-0.4, -0.2) is 28.3 Å². The van der Waals surface area contributed by atoms with Gasteiger partial charge in [0.05, 0.1) is 21.1 Å². The zero-order valence-corrected chi connectivity index (χ0v) is 14.4. The van der Waals surface area contributed by atoms with Crippen molar-refractivity contribution in [2.24, 2.45) is 5.92 Å². The predicted molar refractivity (Wildman–Crippen MR) is 97.7 cm³/mol. The molecule has 7 heteroatoms. The largest absolute Gasteiger partial charge is 0.312 e. The van der Waals surface area contributed by atoms with Gasteiger partial charge in [0.25, 0.3) is 0 Å². The highest BCUT2D eigenvalue weighted by molar-refractivity contribution is 7.18. The van der Waals surface area contributed by atoms with E-state index >= 15 is 0 Å². The van der Waals surface area contributed by atoms with E-state index in [9.17, 15) is 9.59 Å². The smallest absolute Gasteiger partial charge is 0.230 e. The molecule has 1 fully saturated rings. The number of aryl methyl sites for hydroxylation is 1. The minimum Gasteiger partial charge on any atom is -0.312 e. The molecule has 0 aliphatic carbocycles. The Balaban J connectivity index is 1.52. The maximum absolute atomic E-state index is 12.4. The van der Waals surface area contributed by atoms with Gasteiger partial charge in [0.15, 0.2) is 0 Å². The van der Waals surface area contributed by atoms with Crippen LogP contribution in [-0.2, 0) is 9.59 Å². The first-order valence-corrected chi connectivity index (χ1v) is 8.81. The Morgan fingerprint density at radius 3 is 3.00 bits per heavy atom. The van der Waals surface area contributed by atoms with Gasteiger partial charge in [0.2, 0.25) is 11.8 Å². The number of carbonyl (C=O) groups excluding carboxylic acids is 2. The summed E-state index contributed by atoms with van der Waals surface area (Å²) in [7, 11) is 0. The lowest BCUT2D eigenvalue weighted by atomic mass is 10.1. The van der Waals surface area contributed by atoms with Gasteiger partial charge in [-0.2, -0.15) is 0 Å². The molecule has 126 valence electrons. The van der Waals surface area contributed by atoms with E-state index in [2.05, 4.69) is 15.3 Å². The van der Waals surface area contributed by atoms with E-state index in [4.69, 9.17) is 0 Å². The van der Waals surface area contributed by atoms with Crippen LogP contribution < -0.4 is 10.2 Å². The minimum absolute atomic E-state index is 0.0486. The van der Waals surface area contributed by atoms with Crippen LogP contribution in [0.1, 0.15) is 11.4 Å². The molecule has 0 spiro atoms. The summed E-state index contributed by atoms with van der Waals surface area (Å²) < 4.78 is 1.09. The molecule has 1 unspecified atom stereocenters. The second-order valence-corrected chi connectivity index (χ2v) is 7.23. The average Bonchev–Trinajstić information content (AvgIpc) is 3.16. The van der Waals surface area contributed by atoms with Gasteiger partial charge in [-0.05, 0) is 37.3 Å². The van der Waals surface area contributed by atoms with Crippen LogP contribution in [0.15, 0.2) is 42.6 Å². The number of hydrogen-bond acceptors (Lipinski definition) is 5. The number of nitrogens with zero attached hydrogens (tertiary/aromatic N) is 3. The quantitative estimate of drug-likeness (QED) is 0.786. The van der Waals surface area contributed by atoms with Gasteiger partial charge in [-0.1, -0.05) is 6.07 Å². The first-order chi connectivity index (χ1) is 12.1. The van der Waals surface area contributed by atoms with Crippen LogP contribution >= 0.6 is 11.3 Å². The van der Waals surface area contributed by atoms with Crippen molar-refractivity contribution in [2.45, 2.75) is 13.3 Å². The second kappa shape index (κ2) is 6.25. The number of thiazole rings is 1. The summed E-state index contributed by atoms with van der Waals surface area (Å²) in [4.78, 5) is 35.0. The number of nitrogens with one attached hydrogen (secondary N) is 1. The molecule has 1 aromatic carbocycles. The van der Waals surface area contributed by atoms with Crippen molar-refractivity contribution in [3.63, 3.8) is 0 Å². The molecule has 1 N–H and O–H groups in total. The third-order valence-electron chi connectivity index (χ3n) is 4.20. The van der Waals surface area contributed by atoms with Gasteiger partial charge >= 0.3 is 0 Å². The predicted octanol–water partition coefficient (Wildman–Crippen LogP) is 2.99. The Morgan fingerprint density at radius 1 is 1.32 bits per heavy atom. The van der Waals surface area contributed by atoms with Crippen LogP contribution in [0.25, 0.3) is 10.2 Å². The van der Waals surface area contributed by atoms with E-state index in [0.29, 0.717) is 12.4 Å². The van der Waals surface area contributed by atoms with Crippen molar-refractivity contribution < 1.29 is 9.59 Å². The Labute approximate surface area is 148 Å². The van der Waals surface area contributed by atoms with Crippen LogP contribution in [0.3, 0.4) is 0 Å². The van der Waals surface area contributed by atoms with Crippen LogP contribution in [0, 0.1) is 12.8 Å². The van der Waals surface area contributed by atoms with Crippen molar-refractivity contribution >= 4 is 44.9 Å². The Morgan fingerprint density at radius 2 is 2.20 bits per heavy atom.